The molecule has 0 unspecified atom stereocenters. The average Bonchev–Trinajstić information content (AvgIpc) is 2.20. The fraction of sp³-hybridized carbons (Fsp3) is 0.300. The Bertz CT molecular complexity index is 337. The van der Waals surface area contributed by atoms with Crippen LogP contribution in [-0.4, -0.2) is 13.2 Å². The van der Waals surface area contributed by atoms with Gasteiger partial charge in [0.2, 0.25) is 0 Å². The number of carbonyl (C=O) groups is 1. The van der Waals surface area contributed by atoms with Crippen LogP contribution in [-0.2, 0) is 11.3 Å². The number of benzene rings is 1. The van der Waals surface area contributed by atoms with Crippen molar-refractivity contribution in [3.63, 3.8) is 0 Å². The van der Waals surface area contributed by atoms with Crippen molar-refractivity contribution in [2.24, 2.45) is 5.73 Å². The topological polar surface area (TPSA) is 64.3 Å². The molecule has 0 atom stereocenters. The zero-order valence-corrected chi connectivity index (χ0v) is 8.33. The predicted molar refractivity (Wildman–Crippen MR) is 55.1 cm³/mol. The zero-order chi connectivity index (χ0) is 10.6. The molecule has 1 aromatic carbocycles. The van der Waals surface area contributed by atoms with E-state index in [0.717, 1.165) is 16.8 Å². The number of rotatable bonds is 2. The molecule has 4 nitrogen and oxygen atoms in total. The fourth-order valence-electron chi connectivity index (χ4n) is 1.15. The number of nitrogens with two attached hydrogens (primary N) is 1. The lowest BCUT2D eigenvalue weighted by Gasteiger charge is -2.08. The minimum absolute atomic E-state index is 0.464. The van der Waals surface area contributed by atoms with Gasteiger partial charge in [-0.15, -0.1) is 0 Å². The van der Waals surface area contributed by atoms with Crippen LogP contribution in [0, 0.1) is 6.92 Å². The van der Waals surface area contributed by atoms with Crippen molar-refractivity contribution in [2.45, 2.75) is 13.5 Å². The average molecular weight is 194 g/mol. The van der Waals surface area contributed by atoms with E-state index in [4.69, 9.17) is 5.73 Å². The van der Waals surface area contributed by atoms with E-state index in [9.17, 15) is 4.79 Å². The number of amides is 1. The number of methoxy groups -OCH3 is 1. The number of anilines is 1. The number of hydrogen-bond acceptors (Lipinski definition) is 3. The first kappa shape index (κ1) is 10.5. The maximum atomic E-state index is 10.9. The Balaban J connectivity index is 2.83. The highest BCUT2D eigenvalue weighted by Crippen LogP contribution is 2.16. The van der Waals surface area contributed by atoms with Crippen molar-refractivity contribution >= 4 is 11.8 Å². The Morgan fingerprint density at radius 2 is 2.29 bits per heavy atom. The highest BCUT2D eigenvalue weighted by atomic mass is 16.5. The summed E-state index contributed by atoms with van der Waals surface area (Å²) in [6.45, 7) is 2.41. The number of aryl methyl sites for hydroxylation is 1. The van der Waals surface area contributed by atoms with E-state index in [0.29, 0.717) is 6.54 Å². The second-order valence-electron chi connectivity index (χ2n) is 2.97. The first-order chi connectivity index (χ1) is 6.67. The molecule has 1 rings (SSSR count). The van der Waals surface area contributed by atoms with E-state index >= 15 is 0 Å². The summed E-state index contributed by atoms with van der Waals surface area (Å²) in [5, 5.41) is 2.61. The molecule has 76 valence electrons. The van der Waals surface area contributed by atoms with E-state index in [-0.39, 0.29) is 0 Å². The quantitative estimate of drug-likeness (QED) is 0.752. The highest BCUT2D eigenvalue weighted by Gasteiger charge is 2.03. The lowest BCUT2D eigenvalue weighted by Crippen LogP contribution is -2.12. The molecule has 1 amide bonds. The highest BCUT2D eigenvalue weighted by molar-refractivity contribution is 5.85. The molecule has 0 spiro atoms. The molecule has 0 aliphatic rings. The number of nitrogens with one attached hydrogen (secondary N) is 1. The maximum Gasteiger partial charge on any atom is 0.411 e. The second kappa shape index (κ2) is 4.62. The van der Waals surface area contributed by atoms with Crippen molar-refractivity contribution in [3.05, 3.63) is 29.3 Å². The van der Waals surface area contributed by atoms with Crippen LogP contribution < -0.4 is 11.1 Å². The molecule has 1 aromatic rings. The minimum Gasteiger partial charge on any atom is -0.453 e. The Labute approximate surface area is 83.1 Å². The third-order valence-electron chi connectivity index (χ3n) is 1.95. The van der Waals surface area contributed by atoms with Gasteiger partial charge < -0.3 is 10.5 Å². The third kappa shape index (κ3) is 2.47. The molecular formula is C10H14N2O2. The summed E-state index contributed by atoms with van der Waals surface area (Å²) in [5.74, 6) is 0. The van der Waals surface area contributed by atoms with Gasteiger partial charge in [-0.25, -0.2) is 4.79 Å². The largest absolute Gasteiger partial charge is 0.453 e. The van der Waals surface area contributed by atoms with E-state index in [2.05, 4.69) is 10.1 Å². The summed E-state index contributed by atoms with van der Waals surface area (Å²) in [6.07, 6.45) is -0.464. The summed E-state index contributed by atoms with van der Waals surface area (Å²) >= 11 is 0. The summed E-state index contributed by atoms with van der Waals surface area (Å²) in [6, 6.07) is 5.62. The van der Waals surface area contributed by atoms with Crippen LogP contribution in [0.1, 0.15) is 11.1 Å². The SMILES string of the molecule is COC(=O)Nc1ccc(CN)cc1C. The normalized spacial score (nSPS) is 9.64. The number of carbonyl (C=O) groups excluding carboxylic acids is 1. The maximum absolute atomic E-state index is 10.9. The Hall–Kier alpha value is -1.55. The van der Waals surface area contributed by atoms with E-state index < -0.39 is 6.09 Å². The van der Waals surface area contributed by atoms with Crippen molar-refractivity contribution in [2.75, 3.05) is 12.4 Å². The van der Waals surface area contributed by atoms with Crippen molar-refractivity contribution in [1.29, 1.82) is 0 Å². The fourth-order valence-corrected chi connectivity index (χ4v) is 1.15. The molecule has 0 aromatic heterocycles. The van der Waals surface area contributed by atoms with Crippen LogP contribution in [0.15, 0.2) is 18.2 Å². The zero-order valence-electron chi connectivity index (χ0n) is 8.33. The van der Waals surface area contributed by atoms with Gasteiger partial charge in [0, 0.05) is 12.2 Å². The van der Waals surface area contributed by atoms with Crippen LogP contribution in [0.5, 0.6) is 0 Å². The molecule has 0 aliphatic carbocycles. The van der Waals surface area contributed by atoms with Crippen molar-refractivity contribution in [3.8, 4) is 0 Å². The van der Waals surface area contributed by atoms with E-state index in [1.54, 1.807) is 0 Å². The number of hydrogen-bond donors (Lipinski definition) is 2. The van der Waals surface area contributed by atoms with Gasteiger partial charge in [-0.05, 0) is 24.1 Å². The Morgan fingerprint density at radius 3 is 2.79 bits per heavy atom. The molecule has 14 heavy (non-hydrogen) atoms. The lowest BCUT2D eigenvalue weighted by molar-refractivity contribution is 0.187. The van der Waals surface area contributed by atoms with Gasteiger partial charge in [0.05, 0.1) is 7.11 Å². The summed E-state index contributed by atoms with van der Waals surface area (Å²) < 4.78 is 4.49. The third-order valence-corrected chi connectivity index (χ3v) is 1.95. The van der Waals surface area contributed by atoms with Crippen LogP contribution >= 0.6 is 0 Å². The van der Waals surface area contributed by atoms with Crippen LogP contribution in [0.4, 0.5) is 10.5 Å². The monoisotopic (exact) mass is 194 g/mol. The molecule has 3 N–H and O–H groups in total. The Morgan fingerprint density at radius 1 is 1.57 bits per heavy atom. The van der Waals surface area contributed by atoms with Gasteiger partial charge in [0.15, 0.2) is 0 Å². The smallest absolute Gasteiger partial charge is 0.411 e. The van der Waals surface area contributed by atoms with Gasteiger partial charge in [-0.2, -0.15) is 0 Å². The van der Waals surface area contributed by atoms with Gasteiger partial charge >= 0.3 is 6.09 Å². The van der Waals surface area contributed by atoms with Gasteiger partial charge in [0.1, 0.15) is 0 Å². The van der Waals surface area contributed by atoms with E-state index in [1.165, 1.54) is 7.11 Å². The van der Waals surface area contributed by atoms with E-state index in [1.807, 2.05) is 25.1 Å². The molecule has 0 fully saturated rings. The van der Waals surface area contributed by atoms with Crippen molar-refractivity contribution < 1.29 is 9.53 Å². The summed E-state index contributed by atoms with van der Waals surface area (Å²) in [5.41, 5.74) is 8.24. The van der Waals surface area contributed by atoms with Crippen LogP contribution in [0.2, 0.25) is 0 Å². The first-order valence-electron chi connectivity index (χ1n) is 4.32. The van der Waals surface area contributed by atoms with Gasteiger partial charge in [-0.3, -0.25) is 5.32 Å². The molecule has 0 saturated carbocycles. The molecule has 0 saturated heterocycles. The van der Waals surface area contributed by atoms with Crippen molar-refractivity contribution in [1.82, 2.24) is 0 Å². The summed E-state index contributed by atoms with van der Waals surface area (Å²) in [4.78, 5) is 10.9. The minimum atomic E-state index is -0.464. The standard InChI is InChI=1S/C10H14N2O2/c1-7-5-8(6-11)3-4-9(7)12-10(13)14-2/h3-5H,6,11H2,1-2H3,(H,12,13). The van der Waals surface area contributed by atoms with Gasteiger partial charge in [0.25, 0.3) is 0 Å². The summed E-state index contributed by atoms with van der Waals surface area (Å²) in [7, 11) is 1.33. The molecular weight excluding hydrogens is 180 g/mol. The van der Waals surface area contributed by atoms with Crippen LogP contribution in [0.3, 0.4) is 0 Å². The second-order valence-corrected chi connectivity index (χ2v) is 2.97. The molecule has 0 aliphatic heterocycles. The molecule has 0 heterocycles. The predicted octanol–water partition coefficient (Wildman–Crippen LogP) is 1.63. The van der Waals surface area contributed by atoms with Gasteiger partial charge in [-0.1, -0.05) is 12.1 Å². The first-order valence-corrected chi connectivity index (χ1v) is 4.32. The van der Waals surface area contributed by atoms with Crippen LogP contribution in [0.25, 0.3) is 0 Å². The Kier molecular flexibility index (Phi) is 3.48. The molecule has 0 radical (unpaired) electrons. The molecule has 0 bridgehead atoms. The number of ether oxygens (including phenoxy) is 1. The molecule has 4 heteroatoms. The lowest BCUT2D eigenvalue weighted by atomic mass is 10.1.